The van der Waals surface area contributed by atoms with E-state index in [-0.39, 0.29) is 16.5 Å². The van der Waals surface area contributed by atoms with Gasteiger partial charge in [-0.3, -0.25) is 9.59 Å². The fourth-order valence-electron chi connectivity index (χ4n) is 2.40. The number of esters is 1. The van der Waals surface area contributed by atoms with Gasteiger partial charge in [0.1, 0.15) is 0 Å². The molecule has 2 aromatic carbocycles. The Kier molecular flexibility index (Phi) is 4.95. The third-order valence-corrected chi connectivity index (χ3v) is 4.76. The lowest BCUT2D eigenvalue weighted by Gasteiger charge is -2.22. The van der Waals surface area contributed by atoms with Crippen molar-refractivity contribution < 1.29 is 19.1 Å². The van der Waals surface area contributed by atoms with Crippen LogP contribution in [0.15, 0.2) is 76.5 Å². The maximum absolute atomic E-state index is 13.0. The van der Waals surface area contributed by atoms with Gasteiger partial charge in [0.2, 0.25) is 5.78 Å². The number of rotatable bonds is 4. The number of allylic oxidation sites excluding steroid dienone is 3. The molecule has 0 amide bonds. The van der Waals surface area contributed by atoms with E-state index in [9.17, 15) is 14.4 Å². The Morgan fingerprint density at radius 2 is 1.48 bits per heavy atom. The Hall–Kier alpha value is -2.92. The molecule has 0 unspecified atom stereocenters. The molecule has 3 rings (SSSR count). The van der Waals surface area contributed by atoms with E-state index in [1.165, 1.54) is 7.11 Å². The number of hydrogen-bond donors (Lipinski definition) is 0. The molecule has 1 aliphatic rings. The van der Waals surface area contributed by atoms with Crippen LogP contribution in [-0.2, 0) is 14.3 Å². The first-order valence-corrected chi connectivity index (χ1v) is 8.35. The Balaban J connectivity index is 2.05. The first-order chi connectivity index (χ1) is 12.1. The summed E-state index contributed by atoms with van der Waals surface area (Å²) in [6.07, 6.45) is 1.14. The lowest BCUT2D eigenvalue weighted by Crippen LogP contribution is -2.19. The maximum Gasteiger partial charge on any atom is 0.331 e. The minimum absolute atomic E-state index is 0.222. The van der Waals surface area contributed by atoms with Crippen molar-refractivity contribution in [2.75, 3.05) is 7.11 Å². The Labute approximate surface area is 149 Å². The number of benzene rings is 2. The monoisotopic (exact) mass is 350 g/mol. The van der Waals surface area contributed by atoms with Crippen molar-refractivity contribution in [1.29, 1.82) is 0 Å². The predicted octanol–water partition coefficient (Wildman–Crippen LogP) is 3.65. The average Bonchev–Trinajstić information content (AvgIpc) is 2.67. The molecule has 1 aliphatic heterocycles. The summed E-state index contributed by atoms with van der Waals surface area (Å²) in [5, 5.41) is 0. The molecule has 2 aromatic rings. The summed E-state index contributed by atoms with van der Waals surface area (Å²) in [6, 6.07) is 17.9. The summed E-state index contributed by atoms with van der Waals surface area (Å²) >= 11 is 1.12. The van der Waals surface area contributed by atoms with Crippen LogP contribution >= 0.6 is 11.8 Å². The molecule has 25 heavy (non-hydrogen) atoms. The van der Waals surface area contributed by atoms with Gasteiger partial charge in [-0.1, -0.05) is 72.4 Å². The number of thioether (sulfide) groups is 1. The lowest BCUT2D eigenvalue weighted by molar-refractivity contribution is -0.135. The molecule has 0 aromatic heterocycles. The Bertz CT molecular complexity index is 896. The zero-order valence-electron chi connectivity index (χ0n) is 13.4. The summed E-state index contributed by atoms with van der Waals surface area (Å²) in [5.41, 5.74) is 1.53. The molecule has 0 radical (unpaired) electrons. The highest BCUT2D eigenvalue weighted by Gasteiger charge is 2.35. The van der Waals surface area contributed by atoms with Gasteiger partial charge < -0.3 is 4.74 Å². The van der Waals surface area contributed by atoms with E-state index in [2.05, 4.69) is 4.74 Å². The average molecular weight is 350 g/mol. The molecule has 0 atom stereocenters. The molecule has 4 nitrogen and oxygen atoms in total. The molecule has 0 spiro atoms. The summed E-state index contributed by atoms with van der Waals surface area (Å²) in [4.78, 5) is 37.4. The van der Waals surface area contributed by atoms with Crippen molar-refractivity contribution in [2.24, 2.45) is 0 Å². The summed E-state index contributed by atoms with van der Waals surface area (Å²) in [7, 11) is 1.25. The van der Waals surface area contributed by atoms with E-state index >= 15 is 0 Å². The van der Waals surface area contributed by atoms with Crippen molar-refractivity contribution in [3.05, 3.63) is 87.7 Å². The SMILES string of the molecule is COC(=O)/C=C1\S/C(=C(/C(=O)c2ccccc2)c2ccccc2)C1=O. The van der Waals surface area contributed by atoms with Gasteiger partial charge >= 0.3 is 5.97 Å². The summed E-state index contributed by atoms with van der Waals surface area (Å²) in [6.45, 7) is 0. The highest BCUT2D eigenvalue weighted by atomic mass is 32.2. The van der Waals surface area contributed by atoms with Gasteiger partial charge in [-0.2, -0.15) is 0 Å². The second-order valence-electron chi connectivity index (χ2n) is 5.23. The quantitative estimate of drug-likeness (QED) is 0.478. The molecule has 124 valence electrons. The smallest absolute Gasteiger partial charge is 0.331 e. The maximum atomic E-state index is 13.0. The summed E-state index contributed by atoms with van der Waals surface area (Å²) < 4.78 is 4.54. The highest BCUT2D eigenvalue weighted by molar-refractivity contribution is 8.12. The van der Waals surface area contributed by atoms with Crippen LogP contribution in [0.3, 0.4) is 0 Å². The van der Waals surface area contributed by atoms with Crippen LogP contribution < -0.4 is 0 Å². The molecule has 0 N–H and O–H groups in total. The molecule has 0 bridgehead atoms. The van der Waals surface area contributed by atoms with E-state index in [1.54, 1.807) is 36.4 Å². The van der Waals surface area contributed by atoms with Gasteiger partial charge in [0.25, 0.3) is 0 Å². The van der Waals surface area contributed by atoms with Gasteiger partial charge in [0.15, 0.2) is 5.78 Å². The number of carbonyl (C=O) groups excluding carboxylic acids is 3. The van der Waals surface area contributed by atoms with Crippen LogP contribution in [0.2, 0.25) is 0 Å². The van der Waals surface area contributed by atoms with Crippen LogP contribution in [0.25, 0.3) is 5.57 Å². The summed E-state index contributed by atoms with van der Waals surface area (Å²) in [5.74, 6) is -1.14. The van der Waals surface area contributed by atoms with Crippen molar-refractivity contribution in [3.63, 3.8) is 0 Å². The fraction of sp³-hybridized carbons (Fsp3) is 0.0500. The van der Waals surface area contributed by atoms with Gasteiger partial charge in [0, 0.05) is 17.2 Å². The number of carbonyl (C=O) groups is 3. The van der Waals surface area contributed by atoms with Crippen molar-refractivity contribution >= 4 is 34.9 Å². The minimum atomic E-state index is -0.592. The Morgan fingerprint density at radius 1 is 0.920 bits per heavy atom. The van der Waals surface area contributed by atoms with Gasteiger partial charge in [-0.05, 0) is 5.56 Å². The van der Waals surface area contributed by atoms with Gasteiger partial charge in [-0.25, -0.2) is 4.79 Å². The molecular weight excluding hydrogens is 336 g/mol. The van der Waals surface area contributed by atoms with E-state index in [1.807, 2.05) is 24.3 Å². The van der Waals surface area contributed by atoms with Crippen molar-refractivity contribution in [1.82, 2.24) is 0 Å². The van der Waals surface area contributed by atoms with Crippen molar-refractivity contribution in [2.45, 2.75) is 0 Å². The molecule has 1 fully saturated rings. The zero-order chi connectivity index (χ0) is 17.8. The molecule has 0 saturated carbocycles. The third-order valence-electron chi connectivity index (χ3n) is 3.64. The molecule has 0 aliphatic carbocycles. The van der Waals surface area contributed by atoms with Crippen LogP contribution in [0, 0.1) is 0 Å². The van der Waals surface area contributed by atoms with Crippen LogP contribution in [-0.4, -0.2) is 24.6 Å². The van der Waals surface area contributed by atoms with E-state index in [0.29, 0.717) is 21.6 Å². The van der Waals surface area contributed by atoms with Crippen LogP contribution in [0.4, 0.5) is 0 Å². The number of hydrogen-bond acceptors (Lipinski definition) is 5. The molecular formula is C20H14O4S. The highest BCUT2D eigenvalue weighted by Crippen LogP contribution is 2.45. The predicted molar refractivity (Wildman–Crippen MR) is 96.8 cm³/mol. The topological polar surface area (TPSA) is 60.4 Å². The second kappa shape index (κ2) is 7.32. The number of Topliss-reactive ketones (excluding diaryl/α,β-unsaturated/α-hetero) is 2. The van der Waals surface area contributed by atoms with E-state index < -0.39 is 5.97 Å². The second-order valence-corrected chi connectivity index (χ2v) is 6.28. The zero-order valence-corrected chi connectivity index (χ0v) is 14.2. The van der Waals surface area contributed by atoms with Gasteiger partial charge in [0.05, 0.1) is 16.9 Å². The van der Waals surface area contributed by atoms with E-state index in [0.717, 1.165) is 17.8 Å². The molecule has 1 saturated heterocycles. The minimum Gasteiger partial charge on any atom is -0.466 e. The van der Waals surface area contributed by atoms with Crippen LogP contribution in [0.1, 0.15) is 15.9 Å². The first-order valence-electron chi connectivity index (χ1n) is 7.53. The number of ether oxygens (including phenoxy) is 1. The molecule has 5 heteroatoms. The standard InChI is InChI=1S/C20H14O4S/c1-24-16(21)12-15-19(23)20(25-15)17(13-8-4-2-5-9-13)18(22)14-10-6-3-7-11-14/h2-12H,1H3/b15-12-,20-17+. The largest absolute Gasteiger partial charge is 0.466 e. The van der Waals surface area contributed by atoms with Gasteiger partial charge in [-0.15, -0.1) is 0 Å². The Morgan fingerprint density at radius 3 is 2.00 bits per heavy atom. The van der Waals surface area contributed by atoms with E-state index in [4.69, 9.17) is 0 Å². The lowest BCUT2D eigenvalue weighted by atomic mass is 9.95. The number of ketones is 2. The van der Waals surface area contributed by atoms with Crippen molar-refractivity contribution in [3.8, 4) is 0 Å². The van der Waals surface area contributed by atoms with Crippen LogP contribution in [0.5, 0.6) is 0 Å². The normalized spacial score (nSPS) is 17.0. The number of methoxy groups -OCH3 is 1. The third kappa shape index (κ3) is 3.46. The molecule has 1 heterocycles. The first kappa shape index (κ1) is 16.9. The fourth-order valence-corrected chi connectivity index (χ4v) is 3.33.